The topological polar surface area (TPSA) is 147 Å². The molecule has 1 aromatic heterocycles. The number of allylic oxidation sites excluding steroid dienone is 1. The van der Waals surface area contributed by atoms with Gasteiger partial charge >= 0.3 is 23.9 Å². The second-order valence-electron chi connectivity index (χ2n) is 8.60. The molecule has 0 spiro atoms. The zero-order chi connectivity index (χ0) is 27.0. The summed E-state index contributed by atoms with van der Waals surface area (Å²) in [5.74, 6) is -5.11. The lowest BCUT2D eigenvalue weighted by molar-refractivity contribution is -0.176. The summed E-state index contributed by atoms with van der Waals surface area (Å²) < 4.78 is 21.5. The second kappa shape index (κ2) is 12.8. The number of esters is 4. The third-order valence-electron chi connectivity index (χ3n) is 5.43. The van der Waals surface area contributed by atoms with E-state index in [1.165, 1.54) is 25.3 Å². The van der Waals surface area contributed by atoms with Gasteiger partial charge in [0.2, 0.25) is 0 Å². The van der Waals surface area contributed by atoms with Gasteiger partial charge in [-0.25, -0.2) is 14.6 Å². The van der Waals surface area contributed by atoms with Crippen molar-refractivity contribution in [1.82, 2.24) is 10.3 Å². The Morgan fingerprint density at radius 3 is 2.56 bits per heavy atom. The molecule has 1 aliphatic rings. The number of nitrogens with zero attached hydrogens (tertiary/aromatic N) is 1. The van der Waals surface area contributed by atoms with E-state index >= 15 is 0 Å². The summed E-state index contributed by atoms with van der Waals surface area (Å²) in [5, 5.41) is 2.43. The van der Waals surface area contributed by atoms with Gasteiger partial charge in [-0.1, -0.05) is 26.8 Å². The Morgan fingerprint density at radius 1 is 1.25 bits per heavy atom. The molecule has 0 aromatic carbocycles. The summed E-state index contributed by atoms with van der Waals surface area (Å²) >= 11 is 0. The van der Waals surface area contributed by atoms with Gasteiger partial charge in [-0.3, -0.25) is 14.4 Å². The van der Waals surface area contributed by atoms with Gasteiger partial charge in [0.05, 0.1) is 11.8 Å². The maximum absolute atomic E-state index is 13.0. The van der Waals surface area contributed by atoms with E-state index < -0.39 is 66.5 Å². The highest BCUT2D eigenvalue weighted by Gasteiger charge is 2.41. The molecule has 0 unspecified atom stereocenters. The van der Waals surface area contributed by atoms with Crippen molar-refractivity contribution in [3.63, 3.8) is 0 Å². The summed E-state index contributed by atoms with van der Waals surface area (Å²) in [6.45, 7) is 9.23. The minimum absolute atomic E-state index is 0.0772. The third kappa shape index (κ3) is 7.12. The summed E-state index contributed by atoms with van der Waals surface area (Å²) in [5.41, 5.74) is 0.223. The first-order valence-corrected chi connectivity index (χ1v) is 11.7. The fourth-order valence-electron chi connectivity index (χ4n) is 3.41. The fraction of sp³-hybridized carbons (Fsp3) is 0.520. The predicted molar refractivity (Wildman–Crippen MR) is 126 cm³/mol. The van der Waals surface area contributed by atoms with Gasteiger partial charge in [-0.2, -0.15) is 0 Å². The molecule has 0 saturated carbocycles. The first-order chi connectivity index (χ1) is 17.0. The third-order valence-corrected chi connectivity index (χ3v) is 5.43. The Balaban J connectivity index is 2.29. The maximum atomic E-state index is 13.0. The summed E-state index contributed by atoms with van der Waals surface area (Å²) in [6.07, 6.45) is 2.21. The lowest BCUT2D eigenvalue weighted by Gasteiger charge is -2.29. The van der Waals surface area contributed by atoms with Crippen LogP contribution in [0.15, 0.2) is 24.4 Å². The van der Waals surface area contributed by atoms with E-state index in [4.69, 9.17) is 18.9 Å². The number of aryl methyl sites for hydroxylation is 1. The average molecular weight is 505 g/mol. The predicted octanol–water partition coefficient (Wildman–Crippen LogP) is 2.05. The lowest BCUT2D eigenvalue weighted by atomic mass is 9.95. The van der Waals surface area contributed by atoms with E-state index in [1.807, 2.05) is 0 Å². The molecule has 11 nitrogen and oxygen atoms in total. The number of rotatable bonds is 7. The Bertz CT molecular complexity index is 1030. The number of amides is 1. The van der Waals surface area contributed by atoms with Crippen LogP contribution < -0.4 is 10.1 Å². The Kier molecular flexibility index (Phi) is 10.1. The second-order valence-corrected chi connectivity index (χ2v) is 8.60. The standard InChI is InChI=1S/C25H32N2O9/c1-7-9-18(28)35-20-14(5)10-11-26-19(20)22(29)27-17-12-33-24(31)16(8-2)21(15(6)34-25(17)32)36-23(30)13(3)4/h7,9-11,13,15-17,21H,8,12H2,1-6H3,(H,27,29)/b9-7+/t15-,16+,17-,21-/m0/s1. The van der Waals surface area contributed by atoms with Gasteiger partial charge in [0.15, 0.2) is 23.6 Å². The summed E-state index contributed by atoms with van der Waals surface area (Å²) in [6, 6.07) is 0.165. The van der Waals surface area contributed by atoms with Crippen LogP contribution in [0, 0.1) is 18.8 Å². The van der Waals surface area contributed by atoms with Gasteiger partial charge in [0, 0.05) is 12.3 Å². The zero-order valence-corrected chi connectivity index (χ0v) is 21.2. The van der Waals surface area contributed by atoms with E-state index in [0.29, 0.717) is 5.56 Å². The maximum Gasteiger partial charge on any atom is 0.335 e. The van der Waals surface area contributed by atoms with Gasteiger partial charge in [0.25, 0.3) is 5.91 Å². The van der Waals surface area contributed by atoms with Crippen LogP contribution in [0.3, 0.4) is 0 Å². The SMILES string of the molecule is C/C=C/C(=O)Oc1c(C)ccnc1C(=O)N[C@H]1COC(=O)[C@H](CC)[C@@H](OC(=O)C(C)C)[C@H](C)OC1=O. The molecule has 1 amide bonds. The highest BCUT2D eigenvalue weighted by Crippen LogP contribution is 2.24. The molecule has 196 valence electrons. The van der Waals surface area contributed by atoms with Gasteiger partial charge in [-0.05, 0) is 38.8 Å². The van der Waals surface area contributed by atoms with Crippen molar-refractivity contribution >= 4 is 29.8 Å². The van der Waals surface area contributed by atoms with Crippen LogP contribution in [-0.4, -0.2) is 59.6 Å². The molecule has 2 heterocycles. The number of carbonyl (C=O) groups is 5. The molecule has 11 heteroatoms. The number of ether oxygens (including phenoxy) is 4. The summed E-state index contributed by atoms with van der Waals surface area (Å²) in [4.78, 5) is 66.8. The zero-order valence-electron chi connectivity index (χ0n) is 21.2. The lowest BCUT2D eigenvalue weighted by Crippen LogP contribution is -2.47. The monoisotopic (exact) mass is 504 g/mol. The molecule has 36 heavy (non-hydrogen) atoms. The van der Waals surface area contributed by atoms with Crippen LogP contribution in [0.2, 0.25) is 0 Å². The van der Waals surface area contributed by atoms with Crippen LogP contribution in [0.25, 0.3) is 0 Å². The van der Waals surface area contributed by atoms with Crippen molar-refractivity contribution in [3.8, 4) is 5.75 Å². The van der Waals surface area contributed by atoms with Gasteiger partial charge in [-0.15, -0.1) is 0 Å². The molecule has 0 radical (unpaired) electrons. The van der Waals surface area contributed by atoms with Crippen molar-refractivity contribution in [2.75, 3.05) is 6.61 Å². The van der Waals surface area contributed by atoms with Crippen molar-refractivity contribution < 1.29 is 42.9 Å². The number of hydrogen-bond donors (Lipinski definition) is 1. The van der Waals surface area contributed by atoms with Crippen LogP contribution >= 0.6 is 0 Å². The number of carbonyl (C=O) groups excluding carboxylic acids is 5. The van der Waals surface area contributed by atoms with Crippen molar-refractivity contribution in [2.24, 2.45) is 11.8 Å². The number of aromatic nitrogens is 1. The van der Waals surface area contributed by atoms with Gasteiger partial charge < -0.3 is 24.3 Å². The average Bonchev–Trinajstić information content (AvgIpc) is 2.85. The first kappa shape index (κ1) is 28.5. The smallest absolute Gasteiger partial charge is 0.335 e. The van der Waals surface area contributed by atoms with Gasteiger partial charge in [0.1, 0.15) is 12.7 Å². The highest BCUT2D eigenvalue weighted by molar-refractivity contribution is 5.99. The number of cyclic esters (lactones) is 2. The number of nitrogens with one attached hydrogen (secondary N) is 1. The minimum Gasteiger partial charge on any atom is -0.463 e. The molecular formula is C25H32N2O9. The van der Waals surface area contributed by atoms with E-state index in [0.717, 1.165) is 0 Å². The molecule has 0 bridgehead atoms. The molecule has 2 rings (SSSR count). The van der Waals surface area contributed by atoms with E-state index in [9.17, 15) is 24.0 Å². The Labute approximate surface area is 209 Å². The highest BCUT2D eigenvalue weighted by atomic mass is 16.6. The van der Waals surface area contributed by atoms with Crippen LogP contribution in [0.5, 0.6) is 5.75 Å². The largest absolute Gasteiger partial charge is 0.463 e. The van der Waals surface area contributed by atoms with E-state index in [2.05, 4.69) is 10.3 Å². The van der Waals surface area contributed by atoms with Crippen molar-refractivity contribution in [2.45, 2.75) is 66.2 Å². The first-order valence-electron chi connectivity index (χ1n) is 11.7. The van der Waals surface area contributed by atoms with Crippen molar-refractivity contribution in [3.05, 3.63) is 35.7 Å². The molecule has 1 aliphatic heterocycles. The van der Waals surface area contributed by atoms with Crippen LogP contribution in [0.4, 0.5) is 0 Å². The van der Waals surface area contributed by atoms with E-state index in [1.54, 1.807) is 40.7 Å². The normalized spacial score (nSPS) is 22.6. The van der Waals surface area contributed by atoms with Crippen LogP contribution in [-0.2, 0) is 33.4 Å². The van der Waals surface area contributed by atoms with Crippen LogP contribution in [0.1, 0.15) is 57.1 Å². The molecule has 1 N–H and O–H groups in total. The quantitative estimate of drug-likeness (QED) is 0.332. The Hall–Kier alpha value is -3.76. The molecule has 1 fully saturated rings. The molecule has 4 atom stereocenters. The minimum atomic E-state index is -1.39. The molecule has 0 aliphatic carbocycles. The number of pyridine rings is 1. The number of hydrogen-bond acceptors (Lipinski definition) is 10. The fourth-order valence-corrected chi connectivity index (χ4v) is 3.41. The van der Waals surface area contributed by atoms with Crippen molar-refractivity contribution in [1.29, 1.82) is 0 Å². The summed E-state index contributed by atoms with van der Waals surface area (Å²) in [7, 11) is 0. The molecule has 1 aromatic rings. The Morgan fingerprint density at radius 2 is 1.94 bits per heavy atom. The van der Waals surface area contributed by atoms with E-state index in [-0.39, 0.29) is 17.9 Å². The molecule has 1 saturated heterocycles. The molecular weight excluding hydrogens is 472 g/mol.